The maximum Gasteiger partial charge on any atom is 0.222 e. The van der Waals surface area contributed by atoms with Gasteiger partial charge in [0, 0.05) is 33.1 Å². The van der Waals surface area contributed by atoms with Gasteiger partial charge >= 0.3 is 0 Å². The van der Waals surface area contributed by atoms with Crippen molar-refractivity contribution in [1.29, 1.82) is 0 Å². The fraction of sp³-hybridized carbons (Fsp3) is 0.938. The van der Waals surface area contributed by atoms with E-state index in [-0.39, 0.29) is 12.1 Å². The van der Waals surface area contributed by atoms with Gasteiger partial charge in [0.15, 0.2) is 0 Å². The Morgan fingerprint density at radius 3 is 2.85 bits per heavy atom. The van der Waals surface area contributed by atoms with Crippen LogP contribution < -0.4 is 0 Å². The van der Waals surface area contributed by atoms with E-state index in [1.165, 1.54) is 25.7 Å². The molecule has 2 heterocycles. The van der Waals surface area contributed by atoms with Crippen LogP contribution >= 0.6 is 0 Å². The number of morpholine rings is 1. The van der Waals surface area contributed by atoms with Crippen LogP contribution in [0, 0.1) is 0 Å². The topological polar surface area (TPSA) is 32.8 Å². The Labute approximate surface area is 123 Å². The largest absolute Gasteiger partial charge is 0.373 e. The molecular formula is C16H30N2O2. The van der Waals surface area contributed by atoms with Crippen molar-refractivity contribution in [3.05, 3.63) is 0 Å². The Hall–Kier alpha value is -0.610. The highest BCUT2D eigenvalue weighted by atomic mass is 16.5. The van der Waals surface area contributed by atoms with Crippen LogP contribution in [0.1, 0.15) is 51.9 Å². The van der Waals surface area contributed by atoms with Crippen molar-refractivity contribution in [2.75, 3.05) is 33.3 Å². The molecule has 0 radical (unpaired) electrons. The predicted octanol–water partition coefficient (Wildman–Crippen LogP) is 2.28. The van der Waals surface area contributed by atoms with Gasteiger partial charge in [0.05, 0.1) is 18.8 Å². The van der Waals surface area contributed by atoms with Gasteiger partial charge in [0.25, 0.3) is 0 Å². The zero-order valence-electron chi connectivity index (χ0n) is 13.1. The van der Waals surface area contributed by atoms with E-state index < -0.39 is 0 Å². The minimum Gasteiger partial charge on any atom is -0.373 e. The molecule has 3 atom stereocenters. The van der Waals surface area contributed by atoms with Gasteiger partial charge in [-0.25, -0.2) is 0 Å². The molecule has 0 aromatic rings. The first-order valence-electron chi connectivity index (χ1n) is 8.32. The quantitative estimate of drug-likeness (QED) is 0.672. The number of rotatable bonds is 7. The summed E-state index contributed by atoms with van der Waals surface area (Å²) in [6.45, 7) is 6.20. The molecule has 4 heteroatoms. The lowest BCUT2D eigenvalue weighted by atomic mass is 9.98. The number of likely N-dealkylation sites (N-methyl/N-ethyl adjacent to an activating group) is 1. The lowest BCUT2D eigenvalue weighted by molar-refractivity contribution is -0.143. The molecule has 1 amide bonds. The molecule has 20 heavy (non-hydrogen) atoms. The monoisotopic (exact) mass is 282 g/mol. The maximum atomic E-state index is 12.3. The summed E-state index contributed by atoms with van der Waals surface area (Å²) in [6.07, 6.45) is 8.02. The molecule has 116 valence electrons. The van der Waals surface area contributed by atoms with Crippen molar-refractivity contribution in [3.63, 3.8) is 0 Å². The molecule has 0 aromatic carbocycles. The Morgan fingerprint density at radius 1 is 1.25 bits per heavy atom. The molecule has 0 saturated carbocycles. The van der Waals surface area contributed by atoms with Crippen molar-refractivity contribution in [2.24, 2.45) is 0 Å². The van der Waals surface area contributed by atoms with E-state index in [9.17, 15) is 4.79 Å². The van der Waals surface area contributed by atoms with Crippen LogP contribution in [0.25, 0.3) is 0 Å². The number of piperidine rings is 1. The van der Waals surface area contributed by atoms with Crippen molar-refractivity contribution < 1.29 is 9.53 Å². The smallest absolute Gasteiger partial charge is 0.222 e. The minimum atomic E-state index is 0.228. The molecular weight excluding hydrogens is 252 g/mol. The molecule has 4 nitrogen and oxygen atoms in total. The Bertz CT molecular complexity index is 309. The van der Waals surface area contributed by atoms with Crippen LogP contribution in [-0.4, -0.2) is 61.1 Å². The average Bonchev–Trinajstić information content (AvgIpc) is 2.47. The Balaban J connectivity index is 1.72. The third-order valence-corrected chi connectivity index (χ3v) is 4.73. The lowest BCUT2D eigenvalue weighted by Gasteiger charge is -2.45. The second kappa shape index (κ2) is 7.99. The van der Waals surface area contributed by atoms with Crippen LogP contribution in [0.4, 0.5) is 0 Å². The van der Waals surface area contributed by atoms with Gasteiger partial charge < -0.3 is 9.64 Å². The van der Waals surface area contributed by atoms with Crippen molar-refractivity contribution in [3.8, 4) is 0 Å². The first kappa shape index (κ1) is 15.8. The number of unbranched alkanes of at least 4 members (excludes halogenated alkanes) is 4. The van der Waals surface area contributed by atoms with Gasteiger partial charge in [-0.2, -0.15) is 0 Å². The highest BCUT2D eigenvalue weighted by molar-refractivity contribution is 5.76. The number of nitrogens with zero attached hydrogens (tertiary/aromatic N) is 2. The van der Waals surface area contributed by atoms with E-state index in [0.717, 1.165) is 39.1 Å². The van der Waals surface area contributed by atoms with Gasteiger partial charge in [0.1, 0.15) is 0 Å². The number of carbonyl (C=O) groups is 1. The Kier molecular flexibility index (Phi) is 6.30. The lowest BCUT2D eigenvalue weighted by Crippen LogP contribution is -2.58. The van der Waals surface area contributed by atoms with Gasteiger partial charge in [-0.3, -0.25) is 9.69 Å². The molecule has 2 aliphatic rings. The summed E-state index contributed by atoms with van der Waals surface area (Å²) < 4.78 is 5.85. The van der Waals surface area contributed by atoms with Crippen molar-refractivity contribution >= 4 is 5.91 Å². The van der Waals surface area contributed by atoms with Crippen molar-refractivity contribution in [2.45, 2.75) is 64.0 Å². The molecule has 0 spiro atoms. The first-order valence-corrected chi connectivity index (χ1v) is 8.32. The van der Waals surface area contributed by atoms with E-state index in [1.807, 2.05) is 11.9 Å². The molecule has 0 N–H and O–H groups in total. The van der Waals surface area contributed by atoms with E-state index in [2.05, 4.69) is 11.8 Å². The van der Waals surface area contributed by atoms with Gasteiger partial charge in [-0.05, 0) is 12.8 Å². The zero-order chi connectivity index (χ0) is 14.4. The summed E-state index contributed by atoms with van der Waals surface area (Å²) in [7, 11) is 1.96. The van der Waals surface area contributed by atoms with E-state index in [0.29, 0.717) is 12.3 Å². The molecule has 2 saturated heterocycles. The number of ether oxygens (including phenoxy) is 1. The first-order chi connectivity index (χ1) is 9.72. The number of carbonyl (C=O) groups excluding carboxylic acids is 1. The summed E-state index contributed by atoms with van der Waals surface area (Å²) in [5.41, 5.74) is 0. The molecule has 2 aliphatic heterocycles. The molecule has 2 bridgehead atoms. The molecule has 0 aliphatic carbocycles. The number of fused-ring (bicyclic) bond motifs is 2. The molecule has 0 aromatic heterocycles. The highest BCUT2D eigenvalue weighted by Crippen LogP contribution is 2.22. The molecule has 2 rings (SSSR count). The van der Waals surface area contributed by atoms with Crippen molar-refractivity contribution in [1.82, 2.24) is 9.80 Å². The summed E-state index contributed by atoms with van der Waals surface area (Å²) in [5.74, 6) is 0.300. The number of hydrogen-bond donors (Lipinski definition) is 0. The number of hydrogen-bond acceptors (Lipinski definition) is 3. The van der Waals surface area contributed by atoms with Crippen LogP contribution in [0.2, 0.25) is 0 Å². The SMILES string of the molecule is CCCCCCCC(=O)N(C)[C@@H]1CCN2CCO[C@H]1C2. The summed E-state index contributed by atoms with van der Waals surface area (Å²) in [6, 6.07) is 0.287. The fourth-order valence-electron chi connectivity index (χ4n) is 3.35. The average molecular weight is 282 g/mol. The third kappa shape index (κ3) is 4.19. The minimum absolute atomic E-state index is 0.228. The van der Waals surface area contributed by atoms with Crippen LogP contribution in [-0.2, 0) is 9.53 Å². The van der Waals surface area contributed by atoms with Gasteiger partial charge in [0.2, 0.25) is 5.91 Å². The Morgan fingerprint density at radius 2 is 2.05 bits per heavy atom. The maximum absolute atomic E-state index is 12.3. The second-order valence-electron chi connectivity index (χ2n) is 6.23. The standard InChI is InChI=1S/C16H30N2O2/c1-3-4-5-6-7-8-16(19)17(2)14-9-10-18-11-12-20-15(14)13-18/h14-15H,3-13H2,1-2H3/t14-,15+/m1/s1. The number of amides is 1. The summed E-state index contributed by atoms with van der Waals surface area (Å²) in [5, 5.41) is 0. The van der Waals surface area contributed by atoms with Crippen LogP contribution in [0.5, 0.6) is 0 Å². The highest BCUT2D eigenvalue weighted by Gasteiger charge is 2.36. The van der Waals surface area contributed by atoms with E-state index >= 15 is 0 Å². The van der Waals surface area contributed by atoms with E-state index in [4.69, 9.17) is 4.74 Å². The van der Waals surface area contributed by atoms with Crippen LogP contribution in [0.15, 0.2) is 0 Å². The second-order valence-corrected chi connectivity index (χ2v) is 6.23. The summed E-state index contributed by atoms with van der Waals surface area (Å²) in [4.78, 5) is 16.7. The summed E-state index contributed by atoms with van der Waals surface area (Å²) >= 11 is 0. The fourth-order valence-corrected chi connectivity index (χ4v) is 3.35. The normalized spacial score (nSPS) is 29.2. The zero-order valence-corrected chi connectivity index (χ0v) is 13.1. The van der Waals surface area contributed by atoms with Crippen LogP contribution in [0.3, 0.4) is 0 Å². The molecule has 2 fully saturated rings. The predicted molar refractivity (Wildman–Crippen MR) is 80.7 cm³/mol. The van der Waals surface area contributed by atoms with E-state index in [1.54, 1.807) is 0 Å². The third-order valence-electron chi connectivity index (χ3n) is 4.73. The van der Waals surface area contributed by atoms with Gasteiger partial charge in [-0.1, -0.05) is 32.6 Å². The van der Waals surface area contributed by atoms with Gasteiger partial charge in [-0.15, -0.1) is 0 Å². The molecule has 1 unspecified atom stereocenters.